The normalized spacial score (nSPS) is 11.0. The lowest BCUT2D eigenvalue weighted by atomic mass is 10.0. The standard InChI is InChI=1S/C25H25N3O3/c1-18-10-6-9-15-23(18)31-17-25(30)28-27-19(2)16-24(29)26-22-14-8-7-13-21(22)20-11-4-3-5-12-20/h3-15H,16-17H2,1-2H3,(H,26,29)(H,28,30)/b27-19-. The van der Waals surface area contributed by atoms with E-state index in [9.17, 15) is 9.59 Å². The Morgan fingerprint density at radius 3 is 2.32 bits per heavy atom. The van der Waals surface area contributed by atoms with Crippen LogP contribution in [0.1, 0.15) is 18.9 Å². The molecule has 2 amide bonds. The first-order valence-electron chi connectivity index (χ1n) is 9.97. The summed E-state index contributed by atoms with van der Waals surface area (Å²) < 4.78 is 5.49. The Bertz CT molecular complexity index is 1080. The van der Waals surface area contributed by atoms with Gasteiger partial charge in [-0.25, -0.2) is 5.43 Å². The second-order valence-electron chi connectivity index (χ2n) is 7.07. The van der Waals surface area contributed by atoms with Gasteiger partial charge >= 0.3 is 0 Å². The molecule has 0 aliphatic carbocycles. The fraction of sp³-hybridized carbons (Fsp3) is 0.160. The summed E-state index contributed by atoms with van der Waals surface area (Å²) >= 11 is 0. The predicted octanol–water partition coefficient (Wildman–Crippen LogP) is 4.56. The molecule has 0 saturated carbocycles. The zero-order valence-corrected chi connectivity index (χ0v) is 17.6. The van der Waals surface area contributed by atoms with Gasteiger partial charge in [0.1, 0.15) is 5.75 Å². The van der Waals surface area contributed by atoms with E-state index in [1.807, 2.05) is 79.7 Å². The molecule has 0 aliphatic heterocycles. The van der Waals surface area contributed by atoms with Crippen molar-refractivity contribution in [1.29, 1.82) is 0 Å². The van der Waals surface area contributed by atoms with E-state index in [0.29, 0.717) is 11.5 Å². The van der Waals surface area contributed by atoms with Crippen molar-refractivity contribution in [2.24, 2.45) is 5.10 Å². The summed E-state index contributed by atoms with van der Waals surface area (Å²) in [5.74, 6) is 0.0438. The number of aryl methyl sites for hydroxylation is 1. The van der Waals surface area contributed by atoms with Crippen LogP contribution in [-0.2, 0) is 9.59 Å². The Hall–Kier alpha value is -3.93. The summed E-state index contributed by atoms with van der Waals surface area (Å²) in [5, 5.41) is 6.92. The van der Waals surface area contributed by atoms with Crippen LogP contribution in [0.4, 0.5) is 5.69 Å². The molecular weight excluding hydrogens is 390 g/mol. The maximum Gasteiger partial charge on any atom is 0.277 e. The number of hydrazone groups is 1. The van der Waals surface area contributed by atoms with E-state index in [-0.39, 0.29) is 18.9 Å². The average Bonchev–Trinajstić information content (AvgIpc) is 2.78. The van der Waals surface area contributed by atoms with Crippen LogP contribution in [0.2, 0.25) is 0 Å². The van der Waals surface area contributed by atoms with E-state index >= 15 is 0 Å². The summed E-state index contributed by atoms with van der Waals surface area (Å²) in [7, 11) is 0. The van der Waals surface area contributed by atoms with Crippen LogP contribution < -0.4 is 15.5 Å². The Kier molecular flexibility index (Phi) is 7.54. The first-order chi connectivity index (χ1) is 15.0. The molecule has 31 heavy (non-hydrogen) atoms. The number of para-hydroxylation sites is 2. The number of hydrogen-bond acceptors (Lipinski definition) is 4. The van der Waals surface area contributed by atoms with Crippen LogP contribution in [0.3, 0.4) is 0 Å². The highest BCUT2D eigenvalue weighted by atomic mass is 16.5. The van der Waals surface area contributed by atoms with Crippen LogP contribution in [0.25, 0.3) is 11.1 Å². The summed E-state index contributed by atoms with van der Waals surface area (Å²) in [6.45, 7) is 3.44. The van der Waals surface area contributed by atoms with E-state index in [4.69, 9.17) is 4.74 Å². The van der Waals surface area contributed by atoms with Crippen LogP contribution in [0, 0.1) is 6.92 Å². The Balaban J connectivity index is 1.52. The van der Waals surface area contributed by atoms with Gasteiger partial charge in [0, 0.05) is 17.0 Å². The molecule has 0 fully saturated rings. The van der Waals surface area contributed by atoms with Gasteiger partial charge in [-0.3, -0.25) is 9.59 Å². The lowest BCUT2D eigenvalue weighted by Gasteiger charge is -2.11. The molecule has 0 aromatic heterocycles. The van der Waals surface area contributed by atoms with Gasteiger partial charge in [0.25, 0.3) is 5.91 Å². The van der Waals surface area contributed by atoms with Crippen molar-refractivity contribution < 1.29 is 14.3 Å². The number of benzene rings is 3. The van der Waals surface area contributed by atoms with E-state index in [1.165, 1.54) is 0 Å². The summed E-state index contributed by atoms with van der Waals surface area (Å²) in [6, 6.07) is 24.9. The molecule has 0 saturated heterocycles. The van der Waals surface area contributed by atoms with E-state index < -0.39 is 5.91 Å². The van der Waals surface area contributed by atoms with Gasteiger partial charge in [0.05, 0.1) is 6.42 Å². The Morgan fingerprint density at radius 2 is 1.55 bits per heavy atom. The highest BCUT2D eigenvalue weighted by Gasteiger charge is 2.10. The summed E-state index contributed by atoms with van der Waals surface area (Å²) in [6.07, 6.45) is 0.0576. The maximum absolute atomic E-state index is 12.5. The molecular formula is C25H25N3O3. The molecule has 2 N–H and O–H groups in total. The average molecular weight is 415 g/mol. The first-order valence-corrected chi connectivity index (χ1v) is 9.97. The molecule has 0 heterocycles. The lowest BCUT2D eigenvalue weighted by Crippen LogP contribution is -2.26. The van der Waals surface area contributed by atoms with E-state index in [1.54, 1.807) is 13.0 Å². The number of anilines is 1. The molecule has 3 rings (SSSR count). The topological polar surface area (TPSA) is 79.8 Å². The Labute approximate surface area is 182 Å². The van der Waals surface area contributed by atoms with E-state index in [2.05, 4.69) is 15.8 Å². The van der Waals surface area contributed by atoms with Crippen molar-refractivity contribution in [2.75, 3.05) is 11.9 Å². The number of nitrogens with one attached hydrogen (secondary N) is 2. The maximum atomic E-state index is 12.5. The second kappa shape index (κ2) is 10.7. The minimum absolute atomic E-state index is 0.0576. The second-order valence-corrected chi connectivity index (χ2v) is 7.07. The number of ether oxygens (including phenoxy) is 1. The Morgan fingerprint density at radius 1 is 0.871 bits per heavy atom. The highest BCUT2D eigenvalue weighted by Crippen LogP contribution is 2.27. The smallest absolute Gasteiger partial charge is 0.277 e. The largest absolute Gasteiger partial charge is 0.483 e. The lowest BCUT2D eigenvalue weighted by molar-refractivity contribution is -0.123. The van der Waals surface area contributed by atoms with Gasteiger partial charge in [-0.15, -0.1) is 0 Å². The molecule has 0 atom stereocenters. The van der Waals surface area contributed by atoms with Gasteiger partial charge < -0.3 is 10.1 Å². The van der Waals surface area contributed by atoms with Crippen LogP contribution in [0.5, 0.6) is 5.75 Å². The monoisotopic (exact) mass is 415 g/mol. The van der Waals surface area contributed by atoms with Gasteiger partial charge in [-0.2, -0.15) is 5.10 Å². The SMILES string of the molecule is C/C(CC(=O)Nc1ccccc1-c1ccccc1)=N/NC(=O)COc1ccccc1C. The van der Waals surface area contributed by atoms with Crippen LogP contribution >= 0.6 is 0 Å². The molecule has 3 aromatic carbocycles. The number of amides is 2. The number of carbonyl (C=O) groups is 2. The van der Waals surface area contributed by atoms with Gasteiger partial charge in [0.15, 0.2) is 6.61 Å². The highest BCUT2D eigenvalue weighted by molar-refractivity contribution is 6.07. The fourth-order valence-corrected chi connectivity index (χ4v) is 2.98. The van der Waals surface area contributed by atoms with Crippen LogP contribution in [-0.4, -0.2) is 24.1 Å². The van der Waals surface area contributed by atoms with Gasteiger partial charge in [-0.05, 0) is 37.1 Å². The third kappa shape index (κ3) is 6.54. The molecule has 3 aromatic rings. The minimum atomic E-state index is -0.391. The number of hydrogen-bond donors (Lipinski definition) is 2. The predicted molar refractivity (Wildman–Crippen MR) is 123 cm³/mol. The van der Waals surface area contributed by atoms with Crippen molar-refractivity contribution in [3.8, 4) is 16.9 Å². The summed E-state index contributed by atoms with van der Waals surface area (Å²) in [5.41, 5.74) is 6.53. The first kappa shape index (κ1) is 21.8. The molecule has 158 valence electrons. The fourth-order valence-electron chi connectivity index (χ4n) is 2.98. The molecule has 0 bridgehead atoms. The summed E-state index contributed by atoms with van der Waals surface area (Å²) in [4.78, 5) is 24.4. The van der Waals surface area contributed by atoms with Crippen molar-refractivity contribution >= 4 is 23.2 Å². The minimum Gasteiger partial charge on any atom is -0.483 e. The molecule has 6 heteroatoms. The zero-order valence-electron chi connectivity index (χ0n) is 17.6. The third-order valence-electron chi connectivity index (χ3n) is 4.53. The van der Waals surface area contributed by atoms with Crippen molar-refractivity contribution in [2.45, 2.75) is 20.3 Å². The number of nitrogens with zero attached hydrogens (tertiary/aromatic N) is 1. The molecule has 0 spiro atoms. The molecule has 6 nitrogen and oxygen atoms in total. The van der Waals surface area contributed by atoms with E-state index in [0.717, 1.165) is 22.4 Å². The zero-order chi connectivity index (χ0) is 22.1. The third-order valence-corrected chi connectivity index (χ3v) is 4.53. The van der Waals surface area contributed by atoms with Crippen molar-refractivity contribution in [3.05, 3.63) is 84.4 Å². The van der Waals surface area contributed by atoms with Crippen molar-refractivity contribution in [1.82, 2.24) is 5.43 Å². The van der Waals surface area contributed by atoms with Crippen molar-refractivity contribution in [3.63, 3.8) is 0 Å². The van der Waals surface area contributed by atoms with Crippen LogP contribution in [0.15, 0.2) is 84.0 Å². The molecule has 0 unspecified atom stereocenters. The quantitative estimate of drug-likeness (QED) is 0.418. The van der Waals surface area contributed by atoms with Gasteiger partial charge in [0.2, 0.25) is 5.91 Å². The number of carbonyl (C=O) groups excluding carboxylic acids is 2. The number of rotatable bonds is 8. The molecule has 0 radical (unpaired) electrons. The molecule has 0 aliphatic rings. The van der Waals surface area contributed by atoms with Gasteiger partial charge in [-0.1, -0.05) is 66.7 Å².